The van der Waals surface area contributed by atoms with Gasteiger partial charge in [-0.1, -0.05) is 31.3 Å². The van der Waals surface area contributed by atoms with E-state index in [2.05, 4.69) is 18.8 Å². The van der Waals surface area contributed by atoms with Gasteiger partial charge in [0, 0.05) is 0 Å². The lowest BCUT2D eigenvalue weighted by atomic mass is 9.98. The number of hydrogen-bond acceptors (Lipinski definition) is 9. The first-order valence-corrected chi connectivity index (χ1v) is 13.4. The highest BCUT2D eigenvalue weighted by Gasteiger charge is 2.45. The molecule has 0 spiro atoms. The Morgan fingerprint density at radius 2 is 1.93 bits per heavy atom. The van der Waals surface area contributed by atoms with Gasteiger partial charge in [0.05, 0.1) is 43.5 Å². The van der Waals surface area contributed by atoms with Gasteiger partial charge in [-0.05, 0) is 55.2 Å². The maximum absolute atomic E-state index is 14.1. The number of carbonyl (C=O) groups is 2. The highest BCUT2D eigenvalue weighted by atomic mass is 32.1. The number of amides is 1. The monoisotopic (exact) mass is 566 g/mol. The number of benzene rings is 2. The van der Waals surface area contributed by atoms with Crippen LogP contribution < -0.4 is 19.8 Å². The van der Waals surface area contributed by atoms with Crippen LogP contribution in [0.25, 0.3) is 11.0 Å². The van der Waals surface area contributed by atoms with Crippen molar-refractivity contribution in [2.75, 3.05) is 25.7 Å². The van der Waals surface area contributed by atoms with Crippen molar-refractivity contribution in [1.29, 1.82) is 0 Å². The van der Waals surface area contributed by atoms with Crippen LogP contribution in [0.3, 0.4) is 0 Å². The van der Waals surface area contributed by atoms with E-state index < -0.39 is 29.2 Å². The molecule has 11 heteroatoms. The first kappa shape index (κ1) is 27.3. The molecule has 2 aromatic carbocycles. The molecule has 3 heterocycles. The zero-order valence-corrected chi connectivity index (χ0v) is 23.4. The first-order valence-electron chi connectivity index (χ1n) is 12.6. The SMILES string of the molecule is COC(=O)c1sc(N2C(=O)c3oc4ccc(F)cc4c(=O)c3C2c2ccc(OCCC(C)C)c(OC)c2)nc1C. The number of fused-ring (bicyclic) bond motifs is 2. The number of ether oxygens (including phenoxy) is 3. The van der Waals surface area contributed by atoms with E-state index in [9.17, 15) is 18.8 Å². The van der Waals surface area contributed by atoms with E-state index >= 15 is 0 Å². The van der Waals surface area contributed by atoms with Crippen molar-refractivity contribution in [1.82, 2.24) is 4.98 Å². The highest BCUT2D eigenvalue weighted by Crippen LogP contribution is 2.45. The van der Waals surface area contributed by atoms with Gasteiger partial charge in [-0.15, -0.1) is 0 Å². The average Bonchev–Trinajstić information content (AvgIpc) is 3.45. The van der Waals surface area contributed by atoms with Gasteiger partial charge >= 0.3 is 5.97 Å². The van der Waals surface area contributed by atoms with E-state index in [0.29, 0.717) is 35.3 Å². The largest absolute Gasteiger partial charge is 0.493 e. The summed E-state index contributed by atoms with van der Waals surface area (Å²) in [4.78, 5) is 45.9. The van der Waals surface area contributed by atoms with Crippen LogP contribution in [0, 0.1) is 18.7 Å². The number of thiazole rings is 1. The van der Waals surface area contributed by atoms with Crippen LogP contribution in [0.2, 0.25) is 0 Å². The van der Waals surface area contributed by atoms with Crippen LogP contribution in [0.5, 0.6) is 11.5 Å². The fourth-order valence-corrected chi connectivity index (χ4v) is 5.62. The molecule has 1 amide bonds. The molecule has 1 atom stereocenters. The molecule has 1 unspecified atom stereocenters. The third-order valence-corrected chi connectivity index (χ3v) is 7.79. The summed E-state index contributed by atoms with van der Waals surface area (Å²) in [6.07, 6.45) is 0.847. The smallest absolute Gasteiger partial charge is 0.350 e. The maximum atomic E-state index is 14.1. The summed E-state index contributed by atoms with van der Waals surface area (Å²) in [6.45, 7) is 6.31. The normalized spacial score (nSPS) is 14.6. The van der Waals surface area contributed by atoms with Crippen LogP contribution in [0.4, 0.5) is 9.52 Å². The predicted octanol–water partition coefficient (Wildman–Crippen LogP) is 5.67. The summed E-state index contributed by atoms with van der Waals surface area (Å²) in [5.41, 5.74) is 0.444. The van der Waals surface area contributed by atoms with Crippen molar-refractivity contribution < 1.29 is 32.6 Å². The molecule has 2 aromatic heterocycles. The van der Waals surface area contributed by atoms with Gasteiger partial charge < -0.3 is 18.6 Å². The van der Waals surface area contributed by atoms with E-state index in [1.165, 1.54) is 25.2 Å². The molecule has 1 aliphatic rings. The second kappa shape index (κ2) is 10.7. The lowest BCUT2D eigenvalue weighted by molar-refractivity contribution is 0.0605. The molecule has 5 rings (SSSR count). The molecule has 0 radical (unpaired) electrons. The number of rotatable bonds is 8. The molecule has 0 fully saturated rings. The summed E-state index contributed by atoms with van der Waals surface area (Å²) >= 11 is 0.961. The Balaban J connectivity index is 1.70. The lowest BCUT2D eigenvalue weighted by Gasteiger charge is -2.23. The Bertz CT molecular complexity index is 1690. The third kappa shape index (κ3) is 4.70. The van der Waals surface area contributed by atoms with Crippen molar-refractivity contribution in [2.24, 2.45) is 5.92 Å². The first-order chi connectivity index (χ1) is 19.1. The van der Waals surface area contributed by atoms with Crippen molar-refractivity contribution in [3.8, 4) is 11.5 Å². The van der Waals surface area contributed by atoms with Crippen molar-refractivity contribution in [2.45, 2.75) is 33.2 Å². The fraction of sp³-hybridized carbons (Fsp3) is 0.310. The van der Waals surface area contributed by atoms with Gasteiger partial charge in [-0.2, -0.15) is 0 Å². The number of methoxy groups -OCH3 is 2. The molecule has 40 heavy (non-hydrogen) atoms. The Labute approximate surface area is 233 Å². The molecule has 0 bridgehead atoms. The van der Waals surface area contributed by atoms with Crippen molar-refractivity contribution >= 4 is 39.3 Å². The minimum Gasteiger partial charge on any atom is -0.493 e. The lowest BCUT2D eigenvalue weighted by Crippen LogP contribution is -2.29. The van der Waals surface area contributed by atoms with Gasteiger partial charge in [-0.25, -0.2) is 14.2 Å². The van der Waals surface area contributed by atoms with Gasteiger partial charge in [0.1, 0.15) is 16.3 Å². The summed E-state index contributed by atoms with van der Waals surface area (Å²) in [5, 5.41) is 0.176. The number of esters is 1. The molecular weight excluding hydrogens is 539 g/mol. The number of carbonyl (C=O) groups excluding carboxylic acids is 2. The van der Waals surface area contributed by atoms with Crippen LogP contribution in [0.15, 0.2) is 45.6 Å². The Hall–Kier alpha value is -4.25. The zero-order chi connectivity index (χ0) is 28.7. The van der Waals surface area contributed by atoms with Crippen molar-refractivity contribution in [3.63, 3.8) is 0 Å². The second-order valence-corrected chi connectivity index (χ2v) is 10.7. The zero-order valence-electron chi connectivity index (χ0n) is 22.6. The van der Waals surface area contributed by atoms with E-state index in [4.69, 9.17) is 18.6 Å². The van der Waals surface area contributed by atoms with E-state index in [1.807, 2.05) is 0 Å². The minimum absolute atomic E-state index is 0.00423. The Kier molecular flexibility index (Phi) is 7.33. The Morgan fingerprint density at radius 3 is 2.62 bits per heavy atom. The van der Waals surface area contributed by atoms with E-state index in [1.54, 1.807) is 25.1 Å². The third-order valence-electron chi connectivity index (χ3n) is 6.65. The number of anilines is 1. The molecule has 208 valence electrons. The molecule has 0 saturated carbocycles. The Morgan fingerprint density at radius 1 is 1.15 bits per heavy atom. The van der Waals surface area contributed by atoms with E-state index in [0.717, 1.165) is 29.9 Å². The van der Waals surface area contributed by atoms with Crippen molar-refractivity contribution in [3.05, 3.63) is 79.9 Å². The molecule has 0 saturated heterocycles. The van der Waals surface area contributed by atoms with Gasteiger partial charge in [0.2, 0.25) is 5.76 Å². The fourth-order valence-electron chi connectivity index (χ4n) is 4.60. The topological polar surface area (TPSA) is 108 Å². The molecule has 4 aromatic rings. The molecular formula is C29H27FN2O7S. The minimum atomic E-state index is -0.999. The predicted molar refractivity (Wildman–Crippen MR) is 147 cm³/mol. The number of halogens is 1. The summed E-state index contributed by atoms with van der Waals surface area (Å²) < 4.78 is 36.4. The summed E-state index contributed by atoms with van der Waals surface area (Å²) in [5.74, 6) is -0.641. The maximum Gasteiger partial charge on any atom is 0.350 e. The number of hydrogen-bond donors (Lipinski definition) is 0. The van der Waals surface area contributed by atoms with Crippen LogP contribution >= 0.6 is 11.3 Å². The number of nitrogens with zero attached hydrogens (tertiary/aromatic N) is 2. The number of aryl methyl sites for hydroxylation is 1. The summed E-state index contributed by atoms with van der Waals surface area (Å²) in [6, 6.07) is 7.67. The van der Waals surface area contributed by atoms with E-state index in [-0.39, 0.29) is 32.3 Å². The standard InChI is InChI=1S/C29H27FN2O7S/c1-14(2)10-11-38-20-8-6-16(12-21(20)36-4)23-22-24(33)18-13-17(30)7-9-19(18)39-25(22)27(34)32(23)29-31-15(3)26(40-29)28(35)37-5/h6-9,12-14,23H,10-11H2,1-5H3. The van der Waals surface area contributed by atoms with Crippen LogP contribution in [-0.4, -0.2) is 37.7 Å². The molecule has 0 aliphatic carbocycles. The summed E-state index contributed by atoms with van der Waals surface area (Å²) in [7, 11) is 2.75. The average molecular weight is 567 g/mol. The quantitative estimate of drug-likeness (QED) is 0.251. The highest BCUT2D eigenvalue weighted by molar-refractivity contribution is 7.17. The molecule has 1 aliphatic heterocycles. The molecule has 9 nitrogen and oxygen atoms in total. The van der Waals surface area contributed by atoms with Crippen LogP contribution in [0.1, 0.15) is 63.4 Å². The van der Waals surface area contributed by atoms with Gasteiger partial charge in [0.25, 0.3) is 5.91 Å². The van der Waals surface area contributed by atoms with Gasteiger partial charge in [-0.3, -0.25) is 14.5 Å². The second-order valence-electron chi connectivity index (χ2n) is 9.74. The number of aromatic nitrogens is 1. The molecule has 0 N–H and O–H groups in total. The van der Waals surface area contributed by atoms with Gasteiger partial charge in [0.15, 0.2) is 22.1 Å². The van der Waals surface area contributed by atoms with Crippen LogP contribution in [-0.2, 0) is 4.74 Å².